The summed E-state index contributed by atoms with van der Waals surface area (Å²) in [7, 11) is 3.83. The van der Waals surface area contributed by atoms with E-state index in [-0.39, 0.29) is 0 Å². The SMILES string of the molecule is COc1ccc(N(C)CCC2CCCN2)cc1Br. The summed E-state index contributed by atoms with van der Waals surface area (Å²) in [6, 6.07) is 6.92. The lowest BCUT2D eigenvalue weighted by Crippen LogP contribution is -2.28. The van der Waals surface area contributed by atoms with Crippen LogP contribution in [0.5, 0.6) is 5.75 Å². The van der Waals surface area contributed by atoms with E-state index < -0.39 is 0 Å². The molecule has 2 rings (SSSR count). The zero-order chi connectivity index (χ0) is 13.0. The van der Waals surface area contributed by atoms with Crippen LogP contribution in [0.1, 0.15) is 19.3 Å². The average molecular weight is 313 g/mol. The van der Waals surface area contributed by atoms with Crippen LogP contribution in [0.25, 0.3) is 0 Å². The second kappa shape index (κ2) is 6.43. The first-order chi connectivity index (χ1) is 8.70. The molecule has 1 aromatic rings. The van der Waals surface area contributed by atoms with E-state index in [4.69, 9.17) is 4.74 Å². The largest absolute Gasteiger partial charge is 0.496 e. The quantitative estimate of drug-likeness (QED) is 0.904. The number of rotatable bonds is 5. The van der Waals surface area contributed by atoms with Gasteiger partial charge in [0.1, 0.15) is 5.75 Å². The topological polar surface area (TPSA) is 24.5 Å². The second-order valence-electron chi connectivity index (χ2n) is 4.82. The Morgan fingerprint density at radius 3 is 2.94 bits per heavy atom. The molecule has 3 nitrogen and oxygen atoms in total. The van der Waals surface area contributed by atoms with Crippen LogP contribution in [0.15, 0.2) is 22.7 Å². The molecule has 1 fully saturated rings. The van der Waals surface area contributed by atoms with Crippen molar-refractivity contribution in [1.82, 2.24) is 5.32 Å². The highest BCUT2D eigenvalue weighted by Gasteiger charge is 2.14. The van der Waals surface area contributed by atoms with Crippen LogP contribution in [0.4, 0.5) is 5.69 Å². The van der Waals surface area contributed by atoms with Crippen molar-refractivity contribution in [3.8, 4) is 5.75 Å². The molecule has 0 spiro atoms. The van der Waals surface area contributed by atoms with Crippen molar-refractivity contribution in [3.63, 3.8) is 0 Å². The van der Waals surface area contributed by atoms with Crippen molar-refractivity contribution >= 4 is 21.6 Å². The number of nitrogens with one attached hydrogen (secondary N) is 1. The third-order valence-corrected chi connectivity index (χ3v) is 4.17. The van der Waals surface area contributed by atoms with E-state index in [1.54, 1.807) is 7.11 Å². The molecule has 0 aliphatic carbocycles. The Hall–Kier alpha value is -0.740. The van der Waals surface area contributed by atoms with E-state index in [9.17, 15) is 0 Å². The van der Waals surface area contributed by atoms with Gasteiger partial charge in [-0.15, -0.1) is 0 Å². The summed E-state index contributed by atoms with van der Waals surface area (Å²) in [4.78, 5) is 2.30. The summed E-state index contributed by atoms with van der Waals surface area (Å²) >= 11 is 3.53. The Balaban J connectivity index is 1.91. The molecular weight excluding hydrogens is 292 g/mol. The lowest BCUT2D eigenvalue weighted by molar-refractivity contribution is 0.412. The summed E-state index contributed by atoms with van der Waals surface area (Å²) in [6.45, 7) is 2.26. The molecule has 1 saturated heterocycles. The van der Waals surface area contributed by atoms with Crippen molar-refractivity contribution in [2.75, 3.05) is 32.1 Å². The van der Waals surface area contributed by atoms with Crippen molar-refractivity contribution in [2.24, 2.45) is 0 Å². The van der Waals surface area contributed by atoms with Gasteiger partial charge in [-0.2, -0.15) is 0 Å². The fourth-order valence-corrected chi connectivity index (χ4v) is 2.90. The summed E-state index contributed by atoms with van der Waals surface area (Å²) in [5, 5.41) is 3.54. The first-order valence-corrected chi connectivity index (χ1v) is 7.28. The minimum atomic E-state index is 0.703. The third kappa shape index (κ3) is 3.39. The van der Waals surface area contributed by atoms with E-state index in [2.05, 4.69) is 45.3 Å². The summed E-state index contributed by atoms with van der Waals surface area (Å²) in [5.41, 5.74) is 1.22. The average Bonchev–Trinajstić information content (AvgIpc) is 2.89. The van der Waals surface area contributed by atoms with Gasteiger partial charge in [-0.25, -0.2) is 0 Å². The zero-order valence-corrected chi connectivity index (χ0v) is 12.7. The van der Waals surface area contributed by atoms with Crippen molar-refractivity contribution in [1.29, 1.82) is 0 Å². The molecule has 1 atom stereocenters. The Labute approximate surface area is 118 Å². The highest BCUT2D eigenvalue weighted by atomic mass is 79.9. The monoisotopic (exact) mass is 312 g/mol. The Morgan fingerprint density at radius 2 is 2.33 bits per heavy atom. The third-order valence-electron chi connectivity index (χ3n) is 3.55. The number of methoxy groups -OCH3 is 1. The number of ether oxygens (including phenoxy) is 1. The lowest BCUT2D eigenvalue weighted by Gasteiger charge is -2.22. The molecular formula is C14H21BrN2O. The van der Waals surface area contributed by atoms with Crippen LogP contribution in [0.3, 0.4) is 0 Å². The summed E-state index contributed by atoms with van der Waals surface area (Å²) in [6.07, 6.45) is 3.85. The summed E-state index contributed by atoms with van der Waals surface area (Å²) in [5.74, 6) is 0.879. The molecule has 1 heterocycles. The van der Waals surface area contributed by atoms with Gasteiger partial charge in [-0.05, 0) is 59.9 Å². The van der Waals surface area contributed by atoms with E-state index in [1.807, 2.05) is 6.07 Å². The molecule has 1 aliphatic rings. The normalized spacial score (nSPS) is 18.9. The number of hydrogen-bond acceptors (Lipinski definition) is 3. The van der Waals surface area contributed by atoms with E-state index >= 15 is 0 Å². The maximum Gasteiger partial charge on any atom is 0.133 e. The molecule has 0 bridgehead atoms. The molecule has 1 aromatic carbocycles. The van der Waals surface area contributed by atoms with Gasteiger partial charge in [-0.3, -0.25) is 0 Å². The Bertz CT molecular complexity index is 391. The van der Waals surface area contributed by atoms with E-state index in [1.165, 1.54) is 31.5 Å². The van der Waals surface area contributed by atoms with Crippen LogP contribution in [0.2, 0.25) is 0 Å². The Kier molecular flexibility index (Phi) is 4.89. The number of nitrogens with zero attached hydrogens (tertiary/aromatic N) is 1. The van der Waals surface area contributed by atoms with Gasteiger partial charge >= 0.3 is 0 Å². The van der Waals surface area contributed by atoms with Gasteiger partial charge in [-0.1, -0.05) is 0 Å². The highest BCUT2D eigenvalue weighted by molar-refractivity contribution is 9.10. The van der Waals surface area contributed by atoms with Crippen LogP contribution in [-0.2, 0) is 0 Å². The predicted octanol–water partition coefficient (Wildman–Crippen LogP) is 3.04. The minimum absolute atomic E-state index is 0.703. The summed E-state index contributed by atoms with van der Waals surface area (Å²) < 4.78 is 6.25. The van der Waals surface area contributed by atoms with Gasteiger partial charge < -0.3 is 15.0 Å². The minimum Gasteiger partial charge on any atom is -0.496 e. The molecule has 4 heteroatoms. The van der Waals surface area contributed by atoms with Gasteiger partial charge in [0.25, 0.3) is 0 Å². The fraction of sp³-hybridized carbons (Fsp3) is 0.571. The molecule has 0 radical (unpaired) electrons. The molecule has 0 saturated carbocycles. The number of hydrogen-bond donors (Lipinski definition) is 1. The number of benzene rings is 1. The maximum absolute atomic E-state index is 5.25. The standard InChI is InChI=1S/C14H21BrN2O/c1-17(9-7-11-4-3-8-16-11)12-5-6-14(18-2)13(15)10-12/h5-6,10-11,16H,3-4,7-9H2,1-2H3. The van der Waals surface area contributed by atoms with Crippen molar-refractivity contribution < 1.29 is 4.74 Å². The smallest absolute Gasteiger partial charge is 0.133 e. The zero-order valence-electron chi connectivity index (χ0n) is 11.1. The van der Waals surface area contributed by atoms with Gasteiger partial charge in [0.15, 0.2) is 0 Å². The highest BCUT2D eigenvalue weighted by Crippen LogP contribution is 2.29. The molecule has 100 valence electrons. The van der Waals surface area contributed by atoms with Gasteiger partial charge in [0.2, 0.25) is 0 Å². The number of halogens is 1. The number of anilines is 1. The molecule has 1 N–H and O–H groups in total. The van der Waals surface area contributed by atoms with Crippen LogP contribution < -0.4 is 15.0 Å². The van der Waals surface area contributed by atoms with Crippen LogP contribution >= 0.6 is 15.9 Å². The van der Waals surface area contributed by atoms with Crippen LogP contribution in [-0.4, -0.2) is 33.3 Å². The lowest BCUT2D eigenvalue weighted by atomic mass is 10.1. The van der Waals surface area contributed by atoms with E-state index in [0.29, 0.717) is 6.04 Å². The predicted molar refractivity (Wildman–Crippen MR) is 79.6 cm³/mol. The van der Waals surface area contributed by atoms with Gasteiger partial charge in [0, 0.05) is 25.3 Å². The Morgan fingerprint density at radius 1 is 1.50 bits per heavy atom. The molecule has 1 aliphatic heterocycles. The van der Waals surface area contributed by atoms with E-state index in [0.717, 1.165) is 16.8 Å². The van der Waals surface area contributed by atoms with Gasteiger partial charge in [0.05, 0.1) is 11.6 Å². The van der Waals surface area contributed by atoms with Crippen molar-refractivity contribution in [3.05, 3.63) is 22.7 Å². The molecule has 0 aromatic heterocycles. The first-order valence-electron chi connectivity index (χ1n) is 6.49. The maximum atomic E-state index is 5.25. The molecule has 0 amide bonds. The molecule has 1 unspecified atom stereocenters. The van der Waals surface area contributed by atoms with Crippen LogP contribution in [0, 0.1) is 0 Å². The fourth-order valence-electron chi connectivity index (χ4n) is 2.37. The first kappa shape index (κ1) is 13.7. The second-order valence-corrected chi connectivity index (χ2v) is 5.68. The molecule has 18 heavy (non-hydrogen) atoms. The van der Waals surface area contributed by atoms with Crippen molar-refractivity contribution in [2.45, 2.75) is 25.3 Å².